The van der Waals surface area contributed by atoms with E-state index in [0.29, 0.717) is 11.5 Å². The third kappa shape index (κ3) is 4.45. The van der Waals surface area contributed by atoms with Gasteiger partial charge in [-0.25, -0.2) is 14.7 Å². The lowest BCUT2D eigenvalue weighted by atomic mass is 10.2. The van der Waals surface area contributed by atoms with Gasteiger partial charge in [-0.1, -0.05) is 0 Å². The molecular formula is C18H22N2O3. The van der Waals surface area contributed by atoms with Crippen LogP contribution in [-0.2, 0) is 4.74 Å². The molecule has 0 N–H and O–H groups in total. The summed E-state index contributed by atoms with van der Waals surface area (Å²) in [4.78, 5) is 18.4. The molecule has 5 nitrogen and oxygen atoms in total. The fourth-order valence-corrected chi connectivity index (χ4v) is 2.01. The molecule has 1 aromatic heterocycles. The molecule has 0 atom stereocenters. The second-order valence-corrected chi connectivity index (χ2v) is 6.21. The number of pyridine rings is 1. The normalized spacial score (nSPS) is 11.0. The second-order valence-electron chi connectivity index (χ2n) is 6.21. The molecule has 2 aromatic rings. The Morgan fingerprint density at radius 2 is 1.78 bits per heavy atom. The SMILES string of the molecule is COc1ccc(N(C(=O)OC(C)(C)C)c2cc(C)ccn2)cc1. The number of carbonyl (C=O) groups excluding carboxylic acids is 1. The summed E-state index contributed by atoms with van der Waals surface area (Å²) >= 11 is 0. The summed E-state index contributed by atoms with van der Waals surface area (Å²) in [5.74, 6) is 1.24. The Balaban J connectivity index is 2.43. The molecule has 1 heterocycles. The van der Waals surface area contributed by atoms with E-state index >= 15 is 0 Å². The average molecular weight is 314 g/mol. The summed E-state index contributed by atoms with van der Waals surface area (Å²) < 4.78 is 10.7. The van der Waals surface area contributed by atoms with E-state index in [1.165, 1.54) is 4.90 Å². The molecule has 122 valence electrons. The van der Waals surface area contributed by atoms with Crippen LogP contribution in [0.15, 0.2) is 42.6 Å². The monoisotopic (exact) mass is 314 g/mol. The fraction of sp³-hybridized carbons (Fsp3) is 0.333. The molecule has 1 amide bonds. The van der Waals surface area contributed by atoms with Crippen LogP contribution in [0.4, 0.5) is 16.3 Å². The number of rotatable bonds is 3. The predicted molar refractivity (Wildman–Crippen MR) is 90.3 cm³/mol. The van der Waals surface area contributed by atoms with Crippen molar-refractivity contribution in [2.24, 2.45) is 0 Å². The zero-order valence-corrected chi connectivity index (χ0v) is 14.2. The van der Waals surface area contributed by atoms with Gasteiger partial charge in [0.05, 0.1) is 12.8 Å². The van der Waals surface area contributed by atoms with Crippen LogP contribution in [0.5, 0.6) is 5.75 Å². The summed E-state index contributed by atoms with van der Waals surface area (Å²) in [6, 6.07) is 10.9. The first kappa shape index (κ1) is 16.8. The van der Waals surface area contributed by atoms with Gasteiger partial charge in [-0.15, -0.1) is 0 Å². The number of hydrogen-bond donors (Lipinski definition) is 0. The van der Waals surface area contributed by atoms with Crippen molar-refractivity contribution in [2.45, 2.75) is 33.3 Å². The first-order chi connectivity index (χ1) is 10.8. The maximum absolute atomic E-state index is 12.7. The molecule has 5 heteroatoms. The van der Waals surface area contributed by atoms with Crippen LogP contribution in [0.25, 0.3) is 0 Å². The van der Waals surface area contributed by atoms with Gasteiger partial charge in [-0.3, -0.25) is 0 Å². The molecule has 0 unspecified atom stereocenters. The molecule has 0 fully saturated rings. The van der Waals surface area contributed by atoms with E-state index in [4.69, 9.17) is 9.47 Å². The number of nitrogens with zero attached hydrogens (tertiary/aromatic N) is 2. The van der Waals surface area contributed by atoms with Crippen molar-refractivity contribution < 1.29 is 14.3 Å². The van der Waals surface area contributed by atoms with Crippen molar-refractivity contribution in [1.29, 1.82) is 0 Å². The molecule has 0 saturated carbocycles. The van der Waals surface area contributed by atoms with Crippen molar-refractivity contribution in [3.8, 4) is 5.75 Å². The van der Waals surface area contributed by atoms with Crippen molar-refractivity contribution in [1.82, 2.24) is 4.98 Å². The van der Waals surface area contributed by atoms with Gasteiger partial charge in [-0.05, 0) is 69.7 Å². The zero-order valence-electron chi connectivity index (χ0n) is 14.2. The van der Waals surface area contributed by atoms with Crippen LogP contribution in [0.1, 0.15) is 26.3 Å². The van der Waals surface area contributed by atoms with Gasteiger partial charge in [0.25, 0.3) is 0 Å². The van der Waals surface area contributed by atoms with Gasteiger partial charge in [0.2, 0.25) is 0 Å². The van der Waals surface area contributed by atoms with Crippen LogP contribution in [-0.4, -0.2) is 23.8 Å². The van der Waals surface area contributed by atoms with E-state index in [9.17, 15) is 4.79 Å². The minimum Gasteiger partial charge on any atom is -0.497 e. The quantitative estimate of drug-likeness (QED) is 0.838. The van der Waals surface area contributed by atoms with E-state index in [1.54, 1.807) is 37.6 Å². The molecule has 0 aliphatic rings. The Hall–Kier alpha value is -2.56. The topological polar surface area (TPSA) is 51.7 Å². The summed E-state index contributed by atoms with van der Waals surface area (Å²) in [6.07, 6.45) is 1.20. The molecule has 0 radical (unpaired) electrons. The molecule has 0 aliphatic carbocycles. The molecule has 2 rings (SSSR count). The minimum absolute atomic E-state index is 0.472. The van der Waals surface area contributed by atoms with Gasteiger partial charge in [0.15, 0.2) is 0 Å². The molecule has 0 spiro atoms. The van der Waals surface area contributed by atoms with Crippen molar-refractivity contribution in [3.63, 3.8) is 0 Å². The Morgan fingerprint density at radius 3 is 2.30 bits per heavy atom. The molecule has 0 bridgehead atoms. The van der Waals surface area contributed by atoms with Gasteiger partial charge >= 0.3 is 6.09 Å². The highest BCUT2D eigenvalue weighted by Crippen LogP contribution is 2.28. The van der Waals surface area contributed by atoms with Crippen LogP contribution in [0.2, 0.25) is 0 Å². The van der Waals surface area contributed by atoms with Crippen LogP contribution < -0.4 is 9.64 Å². The number of anilines is 2. The highest BCUT2D eigenvalue weighted by molar-refractivity contribution is 5.95. The number of carbonyl (C=O) groups is 1. The van der Waals surface area contributed by atoms with Crippen molar-refractivity contribution in [2.75, 3.05) is 12.0 Å². The van der Waals surface area contributed by atoms with Crippen LogP contribution >= 0.6 is 0 Å². The first-order valence-electron chi connectivity index (χ1n) is 7.40. The van der Waals surface area contributed by atoms with Crippen molar-refractivity contribution >= 4 is 17.6 Å². The molecular weight excluding hydrogens is 292 g/mol. The third-order valence-corrected chi connectivity index (χ3v) is 3.04. The number of amides is 1. The average Bonchev–Trinajstić information content (AvgIpc) is 2.46. The lowest BCUT2D eigenvalue weighted by molar-refractivity contribution is 0.0598. The first-order valence-corrected chi connectivity index (χ1v) is 7.40. The molecule has 23 heavy (non-hydrogen) atoms. The van der Waals surface area contributed by atoms with Gasteiger partial charge < -0.3 is 9.47 Å². The number of aryl methyl sites for hydroxylation is 1. The number of benzene rings is 1. The zero-order chi connectivity index (χ0) is 17.0. The molecule has 0 aliphatic heterocycles. The third-order valence-electron chi connectivity index (χ3n) is 3.04. The number of hydrogen-bond acceptors (Lipinski definition) is 4. The maximum atomic E-state index is 12.7. The second kappa shape index (κ2) is 6.69. The van der Waals surface area contributed by atoms with E-state index in [1.807, 2.05) is 39.8 Å². The Kier molecular flexibility index (Phi) is 4.89. The summed E-state index contributed by atoms with van der Waals surface area (Å²) in [5, 5.41) is 0. The number of ether oxygens (including phenoxy) is 2. The minimum atomic E-state index is -0.592. The summed E-state index contributed by atoms with van der Waals surface area (Å²) in [6.45, 7) is 7.45. The Morgan fingerprint density at radius 1 is 1.13 bits per heavy atom. The van der Waals surface area contributed by atoms with E-state index in [0.717, 1.165) is 11.3 Å². The highest BCUT2D eigenvalue weighted by atomic mass is 16.6. The van der Waals surface area contributed by atoms with Crippen LogP contribution in [0.3, 0.4) is 0 Å². The number of methoxy groups -OCH3 is 1. The van der Waals surface area contributed by atoms with E-state index < -0.39 is 11.7 Å². The van der Waals surface area contributed by atoms with Gasteiger partial charge in [0.1, 0.15) is 17.2 Å². The van der Waals surface area contributed by atoms with E-state index in [2.05, 4.69) is 4.98 Å². The maximum Gasteiger partial charge on any atom is 0.420 e. The Bertz CT molecular complexity index is 675. The predicted octanol–water partition coefficient (Wildman–Crippen LogP) is 4.47. The number of aromatic nitrogens is 1. The summed E-state index contributed by atoms with van der Waals surface area (Å²) in [7, 11) is 1.60. The Labute approximate surface area is 136 Å². The lowest BCUT2D eigenvalue weighted by Gasteiger charge is -2.27. The molecule has 1 aromatic carbocycles. The van der Waals surface area contributed by atoms with Crippen LogP contribution in [0, 0.1) is 6.92 Å². The van der Waals surface area contributed by atoms with Gasteiger partial charge in [0, 0.05) is 6.20 Å². The largest absolute Gasteiger partial charge is 0.497 e. The lowest BCUT2D eigenvalue weighted by Crippen LogP contribution is -2.34. The fourth-order valence-electron chi connectivity index (χ4n) is 2.01. The summed E-state index contributed by atoms with van der Waals surface area (Å²) in [5.41, 5.74) is 1.08. The smallest absolute Gasteiger partial charge is 0.420 e. The molecule has 0 saturated heterocycles. The van der Waals surface area contributed by atoms with Crippen molar-refractivity contribution in [3.05, 3.63) is 48.2 Å². The standard InChI is InChI=1S/C18H22N2O3/c1-13-10-11-19-16(12-13)20(17(21)23-18(2,3)4)14-6-8-15(22-5)9-7-14/h6-12H,1-5H3. The van der Waals surface area contributed by atoms with E-state index in [-0.39, 0.29) is 0 Å². The highest BCUT2D eigenvalue weighted by Gasteiger charge is 2.25. The van der Waals surface area contributed by atoms with Gasteiger partial charge in [-0.2, -0.15) is 0 Å².